The smallest absolute Gasteiger partial charge is 0.248 e. The third-order valence-electron chi connectivity index (χ3n) is 6.23. The number of fused-ring (bicyclic) bond motifs is 1. The van der Waals surface area contributed by atoms with Crippen molar-refractivity contribution in [3.05, 3.63) is 57.8 Å². The Hall–Kier alpha value is -2.96. The number of nitrogens with zero attached hydrogens (tertiary/aromatic N) is 2. The summed E-state index contributed by atoms with van der Waals surface area (Å²) < 4.78 is 27.6. The standard InChI is InChI=1S/C25H27F2N3O2/c1-14(31)23-22-18(7-10-28-23)30-19(12-20(22)32)17-13-29-21(24(2,3)4)11-16(17)15-5-8-25(26,27)9-6-15/h7,10-13,15H,5-6,8-9H2,1-4H3,(H,30,32). The van der Waals surface area contributed by atoms with Gasteiger partial charge in [-0.3, -0.25) is 19.6 Å². The molecule has 1 fully saturated rings. The Bertz CT molecular complexity index is 1250. The molecule has 1 N–H and O–H groups in total. The van der Waals surface area contributed by atoms with Gasteiger partial charge < -0.3 is 4.98 Å². The molecule has 7 heteroatoms. The molecule has 32 heavy (non-hydrogen) atoms. The molecule has 0 unspecified atom stereocenters. The van der Waals surface area contributed by atoms with E-state index in [1.54, 1.807) is 12.3 Å². The highest BCUT2D eigenvalue weighted by Crippen LogP contribution is 2.44. The third kappa shape index (κ3) is 4.20. The lowest BCUT2D eigenvalue weighted by Crippen LogP contribution is -2.24. The molecular weight excluding hydrogens is 412 g/mol. The molecular formula is C25H27F2N3O2. The number of alkyl halides is 2. The second-order valence-corrected chi connectivity index (χ2v) is 9.72. The lowest BCUT2D eigenvalue weighted by Gasteiger charge is -2.30. The average Bonchev–Trinajstić information content (AvgIpc) is 2.72. The maximum Gasteiger partial charge on any atom is 0.248 e. The van der Waals surface area contributed by atoms with Crippen LogP contribution in [0, 0.1) is 0 Å². The van der Waals surface area contributed by atoms with Crippen molar-refractivity contribution >= 4 is 16.7 Å². The zero-order valence-corrected chi connectivity index (χ0v) is 18.8. The largest absolute Gasteiger partial charge is 0.354 e. The van der Waals surface area contributed by atoms with Gasteiger partial charge in [-0.2, -0.15) is 0 Å². The van der Waals surface area contributed by atoms with Gasteiger partial charge in [0.1, 0.15) is 5.69 Å². The van der Waals surface area contributed by atoms with E-state index in [2.05, 4.69) is 35.7 Å². The van der Waals surface area contributed by atoms with E-state index in [-0.39, 0.29) is 46.5 Å². The first-order chi connectivity index (χ1) is 15.0. The molecule has 3 heterocycles. The lowest BCUT2D eigenvalue weighted by atomic mass is 9.79. The molecule has 4 rings (SSSR count). The van der Waals surface area contributed by atoms with Crippen molar-refractivity contribution in [3.8, 4) is 11.3 Å². The quantitative estimate of drug-likeness (QED) is 0.525. The summed E-state index contributed by atoms with van der Waals surface area (Å²) in [6.07, 6.45) is 3.68. The van der Waals surface area contributed by atoms with Crippen LogP contribution in [0.3, 0.4) is 0 Å². The van der Waals surface area contributed by atoms with E-state index in [0.29, 0.717) is 24.1 Å². The first-order valence-corrected chi connectivity index (χ1v) is 10.9. The van der Waals surface area contributed by atoms with Gasteiger partial charge in [-0.1, -0.05) is 20.8 Å². The van der Waals surface area contributed by atoms with Crippen LogP contribution in [0.5, 0.6) is 0 Å². The molecule has 5 nitrogen and oxygen atoms in total. The van der Waals surface area contributed by atoms with Gasteiger partial charge in [0, 0.05) is 54.9 Å². The van der Waals surface area contributed by atoms with E-state index in [9.17, 15) is 18.4 Å². The van der Waals surface area contributed by atoms with E-state index in [0.717, 1.165) is 16.8 Å². The first kappa shape index (κ1) is 22.2. The number of nitrogens with one attached hydrogen (secondary N) is 1. The van der Waals surface area contributed by atoms with Crippen LogP contribution in [0.1, 0.15) is 81.0 Å². The van der Waals surface area contributed by atoms with Crippen LogP contribution in [0.4, 0.5) is 8.78 Å². The molecule has 1 aliphatic carbocycles. The number of H-pyrrole nitrogens is 1. The topological polar surface area (TPSA) is 75.7 Å². The fraction of sp³-hybridized carbons (Fsp3) is 0.440. The minimum Gasteiger partial charge on any atom is -0.354 e. The number of carbonyl (C=O) groups is 1. The van der Waals surface area contributed by atoms with Crippen LogP contribution in [0.2, 0.25) is 0 Å². The number of ketones is 1. The van der Waals surface area contributed by atoms with Crippen molar-refractivity contribution < 1.29 is 13.6 Å². The Balaban J connectivity index is 1.89. The molecule has 0 bridgehead atoms. The van der Waals surface area contributed by atoms with Gasteiger partial charge in [-0.15, -0.1) is 0 Å². The number of carbonyl (C=O) groups excluding carboxylic acids is 1. The maximum absolute atomic E-state index is 13.8. The summed E-state index contributed by atoms with van der Waals surface area (Å²) in [6, 6.07) is 5.11. The van der Waals surface area contributed by atoms with Gasteiger partial charge in [0.25, 0.3) is 0 Å². The van der Waals surface area contributed by atoms with Gasteiger partial charge in [0.15, 0.2) is 11.2 Å². The van der Waals surface area contributed by atoms with E-state index in [1.807, 2.05) is 6.07 Å². The van der Waals surface area contributed by atoms with Crippen LogP contribution in [0.25, 0.3) is 22.2 Å². The molecule has 0 radical (unpaired) electrons. The summed E-state index contributed by atoms with van der Waals surface area (Å²) in [6.45, 7) is 7.55. The van der Waals surface area contributed by atoms with E-state index in [4.69, 9.17) is 0 Å². The minimum absolute atomic E-state index is 0.0434. The van der Waals surface area contributed by atoms with Gasteiger partial charge >= 0.3 is 0 Å². The zero-order valence-electron chi connectivity index (χ0n) is 18.8. The van der Waals surface area contributed by atoms with Gasteiger partial charge in [-0.25, -0.2) is 8.78 Å². The summed E-state index contributed by atoms with van der Waals surface area (Å²) in [5.74, 6) is -2.95. The van der Waals surface area contributed by atoms with Crippen LogP contribution in [-0.4, -0.2) is 26.7 Å². The predicted octanol–water partition coefficient (Wildman–Crippen LogP) is 5.78. The average molecular weight is 440 g/mol. The number of pyridine rings is 3. The number of hydrogen-bond acceptors (Lipinski definition) is 4. The maximum atomic E-state index is 13.8. The monoisotopic (exact) mass is 439 g/mol. The highest BCUT2D eigenvalue weighted by molar-refractivity contribution is 6.04. The van der Waals surface area contributed by atoms with Crippen LogP contribution in [0.15, 0.2) is 35.4 Å². The van der Waals surface area contributed by atoms with Crippen LogP contribution < -0.4 is 5.43 Å². The molecule has 0 atom stereocenters. The molecule has 3 aromatic heterocycles. The van der Waals surface area contributed by atoms with Crippen LogP contribution in [-0.2, 0) is 5.41 Å². The summed E-state index contributed by atoms with van der Waals surface area (Å²) in [5.41, 5.74) is 3.21. The summed E-state index contributed by atoms with van der Waals surface area (Å²) >= 11 is 0. The highest BCUT2D eigenvalue weighted by Gasteiger charge is 2.36. The van der Waals surface area contributed by atoms with Crippen molar-refractivity contribution in [2.75, 3.05) is 0 Å². The number of aromatic nitrogens is 3. The molecule has 0 spiro atoms. The predicted molar refractivity (Wildman–Crippen MR) is 120 cm³/mol. The van der Waals surface area contributed by atoms with Crippen molar-refractivity contribution in [1.82, 2.24) is 15.0 Å². The van der Waals surface area contributed by atoms with E-state index < -0.39 is 5.92 Å². The normalized spacial score (nSPS) is 16.9. The van der Waals surface area contributed by atoms with Crippen molar-refractivity contribution in [2.24, 2.45) is 0 Å². The number of Topliss-reactive ketones (excluding diaryl/α,β-unsaturated/α-hetero) is 1. The Kier molecular flexibility index (Phi) is 5.47. The van der Waals surface area contributed by atoms with Crippen molar-refractivity contribution in [1.29, 1.82) is 0 Å². The highest BCUT2D eigenvalue weighted by atomic mass is 19.3. The number of aromatic amines is 1. The van der Waals surface area contributed by atoms with Crippen LogP contribution >= 0.6 is 0 Å². The summed E-state index contributed by atoms with van der Waals surface area (Å²) in [4.78, 5) is 36.8. The first-order valence-electron chi connectivity index (χ1n) is 10.9. The molecule has 1 saturated carbocycles. The fourth-order valence-electron chi connectivity index (χ4n) is 4.41. The fourth-order valence-corrected chi connectivity index (χ4v) is 4.41. The van der Waals surface area contributed by atoms with Gasteiger partial charge in [0.2, 0.25) is 5.92 Å². The van der Waals surface area contributed by atoms with Crippen molar-refractivity contribution in [2.45, 2.75) is 70.6 Å². The molecule has 0 amide bonds. The van der Waals surface area contributed by atoms with E-state index >= 15 is 0 Å². The molecule has 3 aromatic rings. The Labute approximate surface area is 185 Å². The number of halogens is 2. The lowest BCUT2D eigenvalue weighted by molar-refractivity contribution is -0.0382. The van der Waals surface area contributed by atoms with Gasteiger partial charge in [0.05, 0.1) is 16.6 Å². The minimum atomic E-state index is -2.62. The molecule has 168 valence electrons. The number of hydrogen-bond donors (Lipinski definition) is 1. The zero-order chi connectivity index (χ0) is 23.3. The second-order valence-electron chi connectivity index (χ2n) is 9.72. The Morgan fingerprint density at radius 1 is 1.16 bits per heavy atom. The molecule has 0 saturated heterocycles. The van der Waals surface area contributed by atoms with Gasteiger partial charge in [-0.05, 0) is 36.5 Å². The summed E-state index contributed by atoms with van der Waals surface area (Å²) in [7, 11) is 0. The Morgan fingerprint density at radius 3 is 2.47 bits per heavy atom. The SMILES string of the molecule is CC(=O)c1nccc2[nH]c(-c3cnc(C(C)(C)C)cc3C3CCC(F)(F)CC3)cc(=O)c12. The van der Waals surface area contributed by atoms with Crippen molar-refractivity contribution in [3.63, 3.8) is 0 Å². The second kappa shape index (κ2) is 7.87. The molecule has 0 aromatic carbocycles. The number of rotatable bonds is 3. The summed E-state index contributed by atoms with van der Waals surface area (Å²) in [5, 5.41) is 0.252. The molecule has 1 aliphatic rings. The van der Waals surface area contributed by atoms with E-state index in [1.165, 1.54) is 19.2 Å². The molecule has 0 aliphatic heterocycles. The third-order valence-corrected chi connectivity index (χ3v) is 6.23. The Morgan fingerprint density at radius 2 is 1.84 bits per heavy atom.